The molecule has 22 heavy (non-hydrogen) atoms. The van der Waals surface area contributed by atoms with E-state index in [2.05, 4.69) is 29.6 Å². The van der Waals surface area contributed by atoms with Crippen LogP contribution < -0.4 is 5.32 Å². The van der Waals surface area contributed by atoms with Gasteiger partial charge in [0.25, 0.3) is 0 Å². The zero-order chi connectivity index (χ0) is 15.7. The van der Waals surface area contributed by atoms with E-state index in [-0.39, 0.29) is 0 Å². The maximum Gasteiger partial charge on any atom is 0.0651 e. The Labute approximate surface area is 136 Å². The molecular formula is C20H33NO. The van der Waals surface area contributed by atoms with Crippen molar-refractivity contribution in [2.24, 2.45) is 0 Å². The second-order valence-electron chi connectivity index (χ2n) is 7.02. The number of nitrogens with one attached hydrogen (secondary N) is 1. The summed E-state index contributed by atoms with van der Waals surface area (Å²) in [6, 6.07) is 8.95. The first-order valence-corrected chi connectivity index (χ1v) is 9.17. The van der Waals surface area contributed by atoms with E-state index < -0.39 is 5.60 Å². The largest absolute Gasteiger partial charge is 0.390 e. The summed E-state index contributed by atoms with van der Waals surface area (Å²) in [5.41, 5.74) is 2.40. The normalized spacial score (nSPS) is 18.6. The lowest BCUT2D eigenvalue weighted by molar-refractivity contribution is 0.00628. The molecule has 0 saturated heterocycles. The highest BCUT2D eigenvalue weighted by atomic mass is 16.3. The summed E-state index contributed by atoms with van der Waals surface area (Å²) in [6.45, 7) is 1.07. The van der Waals surface area contributed by atoms with Gasteiger partial charge in [0.05, 0.1) is 5.60 Å². The van der Waals surface area contributed by atoms with Crippen molar-refractivity contribution < 1.29 is 5.11 Å². The molecule has 1 fully saturated rings. The smallest absolute Gasteiger partial charge is 0.0651 e. The number of aliphatic hydroxyl groups is 1. The van der Waals surface area contributed by atoms with Crippen LogP contribution >= 0.6 is 0 Å². The van der Waals surface area contributed by atoms with E-state index in [1.54, 1.807) is 0 Å². The van der Waals surface area contributed by atoms with E-state index in [1.807, 2.05) is 7.05 Å². The van der Waals surface area contributed by atoms with E-state index in [0.717, 1.165) is 38.6 Å². The molecule has 0 aliphatic heterocycles. The first kappa shape index (κ1) is 17.5. The highest BCUT2D eigenvalue weighted by molar-refractivity contribution is 5.24. The van der Waals surface area contributed by atoms with Crippen molar-refractivity contribution in [3.05, 3.63) is 35.4 Å². The van der Waals surface area contributed by atoms with Crippen LogP contribution in [0.1, 0.15) is 68.9 Å². The van der Waals surface area contributed by atoms with Gasteiger partial charge in [-0.2, -0.15) is 0 Å². The lowest BCUT2D eigenvalue weighted by atomic mass is 9.83. The van der Waals surface area contributed by atoms with Crippen LogP contribution in [0, 0.1) is 0 Å². The van der Waals surface area contributed by atoms with Gasteiger partial charge >= 0.3 is 0 Å². The first-order chi connectivity index (χ1) is 10.7. The van der Waals surface area contributed by atoms with Crippen molar-refractivity contribution in [2.45, 2.75) is 76.2 Å². The molecule has 0 heterocycles. The first-order valence-electron chi connectivity index (χ1n) is 9.17. The van der Waals surface area contributed by atoms with E-state index in [4.69, 9.17) is 0 Å². The number of hydrogen-bond donors (Lipinski definition) is 2. The Morgan fingerprint density at radius 1 is 1.00 bits per heavy atom. The number of benzene rings is 1. The molecule has 1 aliphatic carbocycles. The van der Waals surface area contributed by atoms with E-state index in [1.165, 1.54) is 49.7 Å². The molecule has 0 aromatic heterocycles. The van der Waals surface area contributed by atoms with E-state index in [0.29, 0.717) is 0 Å². The predicted octanol–water partition coefficient (Wildman–Crippen LogP) is 4.25. The maximum atomic E-state index is 10.9. The number of hydrogen-bond acceptors (Lipinski definition) is 2. The Bertz CT molecular complexity index is 421. The van der Waals surface area contributed by atoms with E-state index >= 15 is 0 Å². The van der Waals surface area contributed by atoms with Crippen LogP contribution in [0.3, 0.4) is 0 Å². The lowest BCUT2D eigenvalue weighted by Gasteiger charge is -2.30. The monoisotopic (exact) mass is 303 g/mol. The van der Waals surface area contributed by atoms with Gasteiger partial charge in [0, 0.05) is 0 Å². The molecule has 0 unspecified atom stereocenters. The molecular weight excluding hydrogens is 270 g/mol. The van der Waals surface area contributed by atoms with Crippen molar-refractivity contribution in [1.29, 1.82) is 0 Å². The van der Waals surface area contributed by atoms with Crippen LogP contribution in [0.15, 0.2) is 24.3 Å². The molecule has 1 aromatic carbocycles. The van der Waals surface area contributed by atoms with Gasteiger partial charge in [-0.25, -0.2) is 0 Å². The molecule has 2 N–H and O–H groups in total. The lowest BCUT2D eigenvalue weighted by Crippen LogP contribution is -2.30. The summed E-state index contributed by atoms with van der Waals surface area (Å²) in [5.74, 6) is 0. The fourth-order valence-corrected chi connectivity index (χ4v) is 3.60. The molecule has 0 bridgehead atoms. The van der Waals surface area contributed by atoms with Crippen LogP contribution in [0.2, 0.25) is 0 Å². The average Bonchev–Trinajstić information content (AvgIpc) is 2.50. The summed E-state index contributed by atoms with van der Waals surface area (Å²) < 4.78 is 0. The Balaban J connectivity index is 1.85. The van der Waals surface area contributed by atoms with Crippen LogP contribution in [-0.4, -0.2) is 24.3 Å². The second kappa shape index (κ2) is 9.32. The minimum Gasteiger partial charge on any atom is -0.390 e. The van der Waals surface area contributed by atoms with Gasteiger partial charge in [-0.15, -0.1) is 0 Å². The Hall–Kier alpha value is -0.860. The quantitative estimate of drug-likeness (QED) is 0.738. The number of aryl methyl sites for hydroxylation is 2. The van der Waals surface area contributed by atoms with Crippen LogP contribution in [0.4, 0.5) is 0 Å². The molecule has 1 aliphatic rings. The second-order valence-corrected chi connectivity index (χ2v) is 7.02. The summed E-state index contributed by atoms with van der Waals surface area (Å²) in [7, 11) is 2.01. The Kier molecular flexibility index (Phi) is 7.41. The van der Waals surface area contributed by atoms with Crippen LogP contribution in [0.25, 0.3) is 0 Å². The van der Waals surface area contributed by atoms with Crippen LogP contribution in [-0.2, 0) is 12.8 Å². The molecule has 2 rings (SSSR count). The van der Waals surface area contributed by atoms with Crippen molar-refractivity contribution in [3.8, 4) is 0 Å². The Morgan fingerprint density at radius 2 is 1.64 bits per heavy atom. The van der Waals surface area contributed by atoms with Gasteiger partial charge in [0.1, 0.15) is 0 Å². The van der Waals surface area contributed by atoms with Crippen molar-refractivity contribution in [3.63, 3.8) is 0 Å². The molecule has 1 saturated carbocycles. The third-order valence-corrected chi connectivity index (χ3v) is 5.05. The van der Waals surface area contributed by atoms with Crippen molar-refractivity contribution >= 4 is 0 Å². The summed E-state index contributed by atoms with van der Waals surface area (Å²) >= 11 is 0. The molecule has 0 radical (unpaired) electrons. The number of rotatable bonds is 7. The maximum absolute atomic E-state index is 10.9. The van der Waals surface area contributed by atoms with Gasteiger partial charge in [-0.1, -0.05) is 56.4 Å². The van der Waals surface area contributed by atoms with Gasteiger partial charge in [-0.3, -0.25) is 0 Å². The predicted molar refractivity (Wildman–Crippen MR) is 94.3 cm³/mol. The topological polar surface area (TPSA) is 32.3 Å². The van der Waals surface area contributed by atoms with Crippen LogP contribution in [0.5, 0.6) is 0 Å². The summed E-state index contributed by atoms with van der Waals surface area (Å²) in [4.78, 5) is 0. The third-order valence-electron chi connectivity index (χ3n) is 5.05. The zero-order valence-electron chi connectivity index (χ0n) is 14.2. The molecule has 2 nitrogen and oxygen atoms in total. The SMILES string of the molecule is CNCCCc1cccc(CCC2(O)CCCCCCC2)c1. The molecule has 0 atom stereocenters. The van der Waals surface area contributed by atoms with Gasteiger partial charge in [-0.05, 0) is 63.2 Å². The average molecular weight is 303 g/mol. The molecule has 2 heteroatoms. The van der Waals surface area contributed by atoms with Gasteiger partial charge in [0.15, 0.2) is 0 Å². The Morgan fingerprint density at radius 3 is 2.32 bits per heavy atom. The standard InChI is InChI=1S/C20H33NO/c1-21-16-8-11-18-9-7-10-19(17-18)12-15-20(22)13-5-3-2-4-6-14-20/h7,9-10,17,21-22H,2-6,8,11-16H2,1H3. The zero-order valence-corrected chi connectivity index (χ0v) is 14.2. The van der Waals surface area contributed by atoms with Crippen molar-refractivity contribution in [2.75, 3.05) is 13.6 Å². The minimum absolute atomic E-state index is 0.414. The highest BCUT2D eigenvalue weighted by Crippen LogP contribution is 2.30. The van der Waals surface area contributed by atoms with Gasteiger partial charge in [0.2, 0.25) is 0 Å². The van der Waals surface area contributed by atoms with Crippen molar-refractivity contribution in [1.82, 2.24) is 5.32 Å². The molecule has 0 amide bonds. The minimum atomic E-state index is -0.414. The van der Waals surface area contributed by atoms with Gasteiger partial charge < -0.3 is 10.4 Å². The highest BCUT2D eigenvalue weighted by Gasteiger charge is 2.26. The molecule has 124 valence electrons. The summed E-state index contributed by atoms with van der Waals surface area (Å²) in [5, 5.41) is 14.1. The third kappa shape index (κ3) is 6.10. The molecule has 1 aromatic rings. The summed E-state index contributed by atoms with van der Waals surface area (Å²) in [6.07, 6.45) is 12.6. The molecule has 0 spiro atoms. The van der Waals surface area contributed by atoms with E-state index in [9.17, 15) is 5.11 Å². The fourth-order valence-electron chi connectivity index (χ4n) is 3.60. The fraction of sp³-hybridized carbons (Fsp3) is 0.700.